The Labute approximate surface area is 176 Å². The molecule has 1 saturated heterocycles. The Morgan fingerprint density at radius 2 is 2.17 bits per heavy atom. The van der Waals surface area contributed by atoms with Gasteiger partial charge >= 0.3 is 0 Å². The van der Waals surface area contributed by atoms with Crippen molar-refractivity contribution in [1.29, 1.82) is 0 Å². The molecule has 0 bridgehead atoms. The highest BCUT2D eigenvalue weighted by molar-refractivity contribution is 5.76. The van der Waals surface area contributed by atoms with Crippen LogP contribution in [0.25, 0.3) is 11.0 Å². The Bertz CT molecular complexity index is 984. The van der Waals surface area contributed by atoms with Gasteiger partial charge in [-0.3, -0.25) is 9.69 Å². The summed E-state index contributed by atoms with van der Waals surface area (Å²) in [4.78, 5) is 21.4. The summed E-state index contributed by atoms with van der Waals surface area (Å²) < 4.78 is 11.2. The van der Waals surface area contributed by atoms with Crippen LogP contribution >= 0.6 is 0 Å². The lowest BCUT2D eigenvalue weighted by Gasteiger charge is -2.32. The van der Waals surface area contributed by atoms with Crippen molar-refractivity contribution in [2.45, 2.75) is 32.2 Å². The molecule has 1 aromatic carbocycles. The van der Waals surface area contributed by atoms with E-state index >= 15 is 0 Å². The van der Waals surface area contributed by atoms with Gasteiger partial charge in [0.1, 0.15) is 5.65 Å². The number of aromatic nitrogens is 2. The van der Waals surface area contributed by atoms with Crippen LogP contribution in [-0.2, 0) is 11.3 Å². The molecule has 158 valence electrons. The number of rotatable bonds is 8. The molecule has 4 rings (SSSR count). The second-order valence-electron chi connectivity index (χ2n) is 7.71. The molecule has 3 aromatic rings. The number of aromatic amines is 1. The number of carbonyl (C=O) groups excluding carboxylic acids is 1. The van der Waals surface area contributed by atoms with Crippen molar-refractivity contribution >= 4 is 16.9 Å². The molecule has 0 spiro atoms. The molecule has 7 nitrogen and oxygen atoms in total. The van der Waals surface area contributed by atoms with E-state index in [1.165, 1.54) is 12.1 Å². The molecule has 30 heavy (non-hydrogen) atoms. The van der Waals surface area contributed by atoms with Crippen LogP contribution in [0.15, 0.2) is 42.6 Å². The van der Waals surface area contributed by atoms with Crippen molar-refractivity contribution in [2.75, 3.05) is 26.3 Å². The quantitative estimate of drug-likeness (QED) is 0.597. The van der Waals surface area contributed by atoms with Gasteiger partial charge in [-0.1, -0.05) is 6.07 Å². The van der Waals surface area contributed by atoms with Gasteiger partial charge in [0.25, 0.3) is 5.91 Å². The highest BCUT2D eigenvalue weighted by atomic mass is 16.5. The van der Waals surface area contributed by atoms with E-state index in [0.717, 1.165) is 42.7 Å². The van der Waals surface area contributed by atoms with Crippen LogP contribution < -0.4 is 15.2 Å². The van der Waals surface area contributed by atoms with Gasteiger partial charge in [0.05, 0.1) is 6.61 Å². The predicted molar refractivity (Wildman–Crippen MR) is 116 cm³/mol. The van der Waals surface area contributed by atoms with Gasteiger partial charge in [-0.05, 0) is 62.2 Å². The summed E-state index contributed by atoms with van der Waals surface area (Å²) in [5.74, 6) is 1.15. The molecule has 1 aliphatic heterocycles. The summed E-state index contributed by atoms with van der Waals surface area (Å²) in [5, 5.41) is 1.16. The van der Waals surface area contributed by atoms with E-state index in [0.29, 0.717) is 24.0 Å². The molecule has 7 heteroatoms. The number of benzene rings is 1. The molecule has 0 saturated carbocycles. The lowest BCUT2D eigenvalue weighted by atomic mass is 9.94. The third-order valence-electron chi connectivity index (χ3n) is 5.44. The highest BCUT2D eigenvalue weighted by Crippen LogP contribution is 2.32. The van der Waals surface area contributed by atoms with Crippen LogP contribution in [0.2, 0.25) is 0 Å². The first kappa shape index (κ1) is 20.2. The number of nitrogens with one attached hydrogen (secondary N) is 1. The van der Waals surface area contributed by atoms with E-state index < -0.39 is 5.91 Å². The van der Waals surface area contributed by atoms with E-state index in [9.17, 15) is 4.79 Å². The maximum absolute atomic E-state index is 11.0. The van der Waals surface area contributed by atoms with Crippen LogP contribution in [-0.4, -0.2) is 47.1 Å². The lowest BCUT2D eigenvalue weighted by Crippen LogP contribution is -2.34. The number of nitrogens with zero attached hydrogens (tertiary/aromatic N) is 2. The Hall–Kier alpha value is -3.06. The van der Waals surface area contributed by atoms with E-state index in [4.69, 9.17) is 15.2 Å². The number of amides is 1. The summed E-state index contributed by atoms with van der Waals surface area (Å²) in [5.41, 5.74) is 8.56. The molecule has 1 atom stereocenters. The molecule has 1 fully saturated rings. The van der Waals surface area contributed by atoms with E-state index in [-0.39, 0.29) is 6.61 Å². The second kappa shape index (κ2) is 9.17. The minimum Gasteiger partial charge on any atom is -0.490 e. The first-order valence-corrected chi connectivity index (χ1v) is 10.4. The van der Waals surface area contributed by atoms with Crippen molar-refractivity contribution in [3.05, 3.63) is 53.9 Å². The van der Waals surface area contributed by atoms with Crippen molar-refractivity contribution in [1.82, 2.24) is 14.9 Å². The first-order valence-electron chi connectivity index (χ1n) is 10.4. The van der Waals surface area contributed by atoms with Crippen molar-refractivity contribution < 1.29 is 14.3 Å². The Kier molecular flexibility index (Phi) is 6.18. The Morgan fingerprint density at radius 1 is 1.27 bits per heavy atom. The average molecular weight is 409 g/mol. The maximum Gasteiger partial charge on any atom is 0.255 e. The summed E-state index contributed by atoms with van der Waals surface area (Å²) in [6, 6.07) is 12.2. The van der Waals surface area contributed by atoms with Crippen LogP contribution in [0.1, 0.15) is 36.9 Å². The number of ether oxygens (including phenoxy) is 2. The molecular weight excluding hydrogens is 380 g/mol. The lowest BCUT2D eigenvalue weighted by molar-refractivity contribution is -0.119. The fraction of sp³-hybridized carbons (Fsp3) is 0.391. The standard InChI is InChI=1S/C23H28N4O3/c1-2-29-21-11-16(7-8-20(21)30-15-22(24)28)13-27-10-4-6-18(14-27)19-12-17-5-3-9-25-23(17)26-19/h3,5,7-9,11-12,18H,2,4,6,10,13-15H2,1H3,(H2,24,28)(H,25,26)/t18-/m0/s1. The number of pyridine rings is 1. The van der Waals surface area contributed by atoms with Crippen molar-refractivity contribution in [3.63, 3.8) is 0 Å². The van der Waals surface area contributed by atoms with Gasteiger partial charge in [-0.2, -0.15) is 0 Å². The summed E-state index contributed by atoms with van der Waals surface area (Å²) in [6.07, 6.45) is 4.15. The molecule has 1 aliphatic rings. The summed E-state index contributed by atoms with van der Waals surface area (Å²) >= 11 is 0. The smallest absolute Gasteiger partial charge is 0.255 e. The minimum atomic E-state index is -0.506. The Balaban J connectivity index is 1.45. The van der Waals surface area contributed by atoms with E-state index in [1.807, 2.05) is 37.4 Å². The summed E-state index contributed by atoms with van der Waals surface area (Å²) in [7, 11) is 0. The molecule has 0 unspecified atom stereocenters. The maximum atomic E-state index is 11.0. The van der Waals surface area contributed by atoms with Crippen LogP contribution in [0.4, 0.5) is 0 Å². The topological polar surface area (TPSA) is 93.5 Å². The van der Waals surface area contributed by atoms with Crippen molar-refractivity contribution in [3.8, 4) is 11.5 Å². The van der Waals surface area contributed by atoms with Crippen LogP contribution in [0, 0.1) is 0 Å². The van der Waals surface area contributed by atoms with Gasteiger partial charge in [0.15, 0.2) is 18.1 Å². The van der Waals surface area contributed by atoms with Gasteiger partial charge in [0, 0.05) is 36.3 Å². The van der Waals surface area contributed by atoms with Gasteiger partial charge in [-0.15, -0.1) is 0 Å². The number of carbonyl (C=O) groups is 1. The molecule has 0 aliphatic carbocycles. The Morgan fingerprint density at radius 3 is 2.97 bits per heavy atom. The summed E-state index contributed by atoms with van der Waals surface area (Å²) in [6.45, 7) is 5.19. The molecule has 3 N–H and O–H groups in total. The molecule has 3 heterocycles. The largest absolute Gasteiger partial charge is 0.490 e. The van der Waals surface area contributed by atoms with Crippen LogP contribution in [0.5, 0.6) is 11.5 Å². The highest BCUT2D eigenvalue weighted by Gasteiger charge is 2.23. The van der Waals surface area contributed by atoms with Gasteiger partial charge < -0.3 is 20.2 Å². The monoisotopic (exact) mass is 408 g/mol. The zero-order valence-electron chi connectivity index (χ0n) is 17.3. The number of fused-ring (bicyclic) bond motifs is 1. The molecule has 2 aromatic heterocycles. The normalized spacial score (nSPS) is 17.2. The number of hydrogen-bond acceptors (Lipinski definition) is 5. The third-order valence-corrected chi connectivity index (χ3v) is 5.44. The number of piperidine rings is 1. The zero-order valence-corrected chi connectivity index (χ0v) is 17.3. The second-order valence-corrected chi connectivity index (χ2v) is 7.71. The number of hydrogen-bond donors (Lipinski definition) is 2. The molecule has 0 radical (unpaired) electrons. The predicted octanol–water partition coefficient (Wildman–Crippen LogP) is 3.21. The fourth-order valence-electron chi connectivity index (χ4n) is 4.10. The van der Waals surface area contributed by atoms with Crippen LogP contribution in [0.3, 0.4) is 0 Å². The number of nitrogens with two attached hydrogens (primary N) is 1. The number of likely N-dealkylation sites (tertiary alicyclic amines) is 1. The SMILES string of the molecule is CCOc1cc(CN2CCC[C@H](c3cc4cccnc4[nH]3)C2)ccc1OCC(N)=O. The molecule has 1 amide bonds. The van der Waals surface area contributed by atoms with Crippen molar-refractivity contribution in [2.24, 2.45) is 5.73 Å². The minimum absolute atomic E-state index is 0.160. The van der Waals surface area contributed by atoms with E-state index in [2.05, 4.69) is 27.0 Å². The number of H-pyrrole nitrogens is 1. The van der Waals surface area contributed by atoms with E-state index in [1.54, 1.807) is 0 Å². The fourth-order valence-corrected chi connectivity index (χ4v) is 4.10. The number of primary amides is 1. The molecular formula is C23H28N4O3. The average Bonchev–Trinajstić information content (AvgIpc) is 3.18. The van der Waals surface area contributed by atoms with Gasteiger partial charge in [-0.25, -0.2) is 4.98 Å². The first-order chi connectivity index (χ1) is 14.6. The third kappa shape index (κ3) is 4.74. The zero-order chi connectivity index (χ0) is 20.9. The van der Waals surface area contributed by atoms with Gasteiger partial charge in [0.2, 0.25) is 0 Å².